The van der Waals surface area contributed by atoms with Gasteiger partial charge in [0.25, 0.3) is 0 Å². The first-order chi connectivity index (χ1) is 33.0. The Labute approximate surface area is 402 Å². The lowest BCUT2D eigenvalue weighted by Crippen LogP contribution is -2.30. The van der Waals surface area contributed by atoms with Crippen LogP contribution in [0.25, 0.3) is 0 Å². The molecular formula is C56H68O12. The molecule has 0 unspecified atom stereocenters. The van der Waals surface area contributed by atoms with Crippen molar-refractivity contribution < 1.29 is 58.6 Å². The van der Waals surface area contributed by atoms with Crippen LogP contribution in [0.4, 0.5) is 0 Å². The first-order valence-corrected chi connectivity index (χ1v) is 24.1. The molecule has 0 heterocycles. The van der Waals surface area contributed by atoms with Crippen molar-refractivity contribution in [3.8, 4) is 34.8 Å². The average Bonchev–Trinajstić information content (AvgIpc) is 3.35. The molecule has 0 radical (unpaired) electrons. The third-order valence-corrected chi connectivity index (χ3v) is 11.2. The lowest BCUT2D eigenvalue weighted by atomic mass is 9.82. The minimum Gasteiger partial charge on any atom is -0.462 e. The highest BCUT2D eigenvalue weighted by molar-refractivity contribution is 6.00. The van der Waals surface area contributed by atoms with E-state index in [-0.39, 0.29) is 49.9 Å². The Kier molecular flexibility index (Phi) is 24.2. The molecule has 0 aromatic heterocycles. The van der Waals surface area contributed by atoms with Crippen LogP contribution in [-0.2, 0) is 41.5 Å². The van der Waals surface area contributed by atoms with Gasteiger partial charge in [-0.1, -0.05) is 89.5 Å². The van der Waals surface area contributed by atoms with Gasteiger partial charge in [0, 0.05) is 13.3 Å². The number of hydrogen-bond acceptors (Lipinski definition) is 12. The summed E-state index contributed by atoms with van der Waals surface area (Å²) in [6.45, 7) is 8.34. The predicted molar refractivity (Wildman–Crippen MR) is 260 cm³/mol. The molecular weight excluding hydrogens is 865 g/mol. The summed E-state index contributed by atoms with van der Waals surface area (Å²) in [5.41, 5.74) is 3.19. The number of carbonyl (C=O) groups is 6. The monoisotopic (exact) mass is 932 g/mol. The molecule has 0 N–H and O–H groups in total. The smallest absolute Gasteiger partial charge is 0.390 e. The van der Waals surface area contributed by atoms with Crippen molar-refractivity contribution in [2.45, 2.75) is 130 Å². The van der Waals surface area contributed by atoms with Crippen molar-refractivity contribution in [3.05, 3.63) is 119 Å². The fourth-order valence-corrected chi connectivity index (χ4v) is 7.39. The van der Waals surface area contributed by atoms with Gasteiger partial charge in [0.05, 0.1) is 36.2 Å². The molecule has 1 aliphatic carbocycles. The summed E-state index contributed by atoms with van der Waals surface area (Å²) in [6, 6.07) is 27.2. The summed E-state index contributed by atoms with van der Waals surface area (Å²) in [4.78, 5) is 72.0. The van der Waals surface area contributed by atoms with Gasteiger partial charge >= 0.3 is 35.8 Å². The lowest BCUT2D eigenvalue weighted by molar-refractivity contribution is -0.145. The van der Waals surface area contributed by atoms with E-state index in [0.717, 1.165) is 12.8 Å². The van der Waals surface area contributed by atoms with Crippen LogP contribution in [0.1, 0.15) is 151 Å². The normalized spacial score (nSPS) is 13.8. The molecule has 1 fully saturated rings. The molecule has 364 valence electrons. The second-order valence-electron chi connectivity index (χ2n) is 16.5. The SMILES string of the molecule is CCCCCCCc1ccc(OC(=O)C2CCC(C(=O)Oc3ccc(CCCCCCC)cc3)CC2)cc1.CCOC(=O)c1ccc(OC(=O)C#CC(=O)Oc2ccc(C(=O)OCC)cc2)cc1.[HH]. The van der Waals surface area contributed by atoms with Crippen molar-refractivity contribution in [3.63, 3.8) is 0 Å². The first kappa shape index (κ1) is 53.9. The molecule has 0 spiro atoms. The van der Waals surface area contributed by atoms with Gasteiger partial charge in [-0.2, -0.15) is 0 Å². The maximum atomic E-state index is 12.7. The van der Waals surface area contributed by atoms with E-state index in [2.05, 4.69) is 38.1 Å². The Bertz CT molecular complexity index is 2090. The van der Waals surface area contributed by atoms with Gasteiger partial charge in [-0.3, -0.25) is 9.59 Å². The van der Waals surface area contributed by atoms with E-state index in [4.69, 9.17) is 28.4 Å². The van der Waals surface area contributed by atoms with Crippen LogP contribution >= 0.6 is 0 Å². The molecule has 12 nitrogen and oxygen atoms in total. The van der Waals surface area contributed by atoms with E-state index in [1.807, 2.05) is 36.1 Å². The van der Waals surface area contributed by atoms with Crippen molar-refractivity contribution in [2.75, 3.05) is 13.2 Å². The van der Waals surface area contributed by atoms with E-state index in [1.54, 1.807) is 13.8 Å². The molecule has 0 amide bonds. The van der Waals surface area contributed by atoms with Crippen LogP contribution in [0.5, 0.6) is 23.0 Å². The second-order valence-corrected chi connectivity index (χ2v) is 16.5. The number of carbonyl (C=O) groups excluding carboxylic acids is 6. The zero-order valence-corrected chi connectivity index (χ0v) is 40.0. The molecule has 0 atom stereocenters. The Morgan fingerprint density at radius 2 is 0.735 bits per heavy atom. The van der Waals surface area contributed by atoms with E-state index < -0.39 is 23.9 Å². The number of ether oxygens (including phenoxy) is 6. The Morgan fingerprint density at radius 3 is 1.06 bits per heavy atom. The quantitative estimate of drug-likeness (QED) is 0.0242. The molecule has 12 heteroatoms. The van der Waals surface area contributed by atoms with Gasteiger partial charge in [-0.25, -0.2) is 19.2 Å². The fraction of sp³-hybridized carbons (Fsp3) is 0.429. The molecule has 4 aromatic rings. The van der Waals surface area contributed by atoms with Gasteiger partial charge in [0.1, 0.15) is 23.0 Å². The van der Waals surface area contributed by atoms with Crippen LogP contribution in [0, 0.1) is 23.7 Å². The van der Waals surface area contributed by atoms with Crippen LogP contribution in [-0.4, -0.2) is 49.0 Å². The number of rotatable bonds is 22. The number of benzene rings is 4. The molecule has 1 aliphatic rings. The maximum Gasteiger partial charge on any atom is 0.390 e. The Hall–Kier alpha value is -6.74. The van der Waals surface area contributed by atoms with Crippen LogP contribution in [0.15, 0.2) is 97.1 Å². The lowest BCUT2D eigenvalue weighted by Gasteiger charge is -2.25. The summed E-state index contributed by atoms with van der Waals surface area (Å²) in [5, 5.41) is 0. The largest absolute Gasteiger partial charge is 0.462 e. The fourth-order valence-electron chi connectivity index (χ4n) is 7.39. The average molecular weight is 933 g/mol. The van der Waals surface area contributed by atoms with Crippen LogP contribution < -0.4 is 18.9 Å². The summed E-state index contributed by atoms with van der Waals surface area (Å²) in [5.74, 6) is 1.88. The highest BCUT2D eigenvalue weighted by Crippen LogP contribution is 2.32. The van der Waals surface area contributed by atoms with Gasteiger partial charge in [0.2, 0.25) is 0 Å². The summed E-state index contributed by atoms with van der Waals surface area (Å²) in [6.07, 6.45) is 17.5. The molecule has 1 saturated carbocycles. The van der Waals surface area contributed by atoms with E-state index >= 15 is 0 Å². The zero-order chi connectivity index (χ0) is 48.9. The second kappa shape index (κ2) is 30.5. The number of aryl methyl sites for hydroxylation is 2. The van der Waals surface area contributed by atoms with Gasteiger partial charge < -0.3 is 28.4 Å². The van der Waals surface area contributed by atoms with Crippen LogP contribution in [0.2, 0.25) is 0 Å². The maximum absolute atomic E-state index is 12.7. The van der Waals surface area contributed by atoms with Gasteiger partial charge in [-0.05, 0) is 149 Å². The standard InChI is InChI=1S/C34H48O4.C22H18O8.H2/c1-3-5-7-9-11-13-27-15-23-31(24-16-27)37-33(35)29-19-21-30(22-20-29)34(36)38-32-25-17-28(18-26-32)14-12-10-8-6-4-2;1-3-27-21(25)15-5-9-17(10-6-15)29-19(23)13-14-20(24)30-18-11-7-16(8-12-18)22(26)28-4-2;/h15-18,23-26,29-30H,3-14,19-22H2,1-2H3;5-12H,3-4H2,1-2H3;1H. The Morgan fingerprint density at radius 1 is 0.426 bits per heavy atom. The molecule has 0 saturated heterocycles. The van der Waals surface area contributed by atoms with Crippen molar-refractivity contribution in [1.29, 1.82) is 0 Å². The minimum atomic E-state index is -0.978. The zero-order valence-electron chi connectivity index (χ0n) is 40.0. The first-order valence-electron chi connectivity index (χ1n) is 24.1. The molecule has 0 bridgehead atoms. The van der Waals surface area contributed by atoms with Gasteiger partial charge in [0.15, 0.2) is 0 Å². The van der Waals surface area contributed by atoms with Crippen molar-refractivity contribution in [2.24, 2.45) is 11.8 Å². The van der Waals surface area contributed by atoms with E-state index in [0.29, 0.717) is 48.3 Å². The highest BCUT2D eigenvalue weighted by Gasteiger charge is 2.32. The minimum absolute atomic E-state index is 0. The van der Waals surface area contributed by atoms with E-state index in [1.165, 1.54) is 124 Å². The topological polar surface area (TPSA) is 158 Å². The number of esters is 6. The summed E-state index contributed by atoms with van der Waals surface area (Å²) < 4.78 is 30.9. The van der Waals surface area contributed by atoms with Gasteiger partial charge in [-0.15, -0.1) is 0 Å². The third kappa shape index (κ3) is 20.0. The Balaban J connectivity index is 0.000000370. The third-order valence-electron chi connectivity index (χ3n) is 11.2. The number of unbranched alkanes of at least 4 members (excludes halogenated alkanes) is 8. The van der Waals surface area contributed by atoms with Crippen LogP contribution in [0.3, 0.4) is 0 Å². The highest BCUT2D eigenvalue weighted by atomic mass is 16.6. The molecule has 5 rings (SSSR count). The summed E-state index contributed by atoms with van der Waals surface area (Å²) >= 11 is 0. The molecule has 0 aliphatic heterocycles. The van der Waals surface area contributed by atoms with Crippen molar-refractivity contribution in [1.82, 2.24) is 0 Å². The molecule has 68 heavy (non-hydrogen) atoms. The predicted octanol–water partition coefficient (Wildman–Crippen LogP) is 11.8. The summed E-state index contributed by atoms with van der Waals surface area (Å²) in [7, 11) is 0. The van der Waals surface area contributed by atoms with Crippen molar-refractivity contribution >= 4 is 35.8 Å². The molecule has 4 aromatic carbocycles. The van der Waals surface area contributed by atoms with E-state index in [9.17, 15) is 28.8 Å². The number of hydrogen-bond donors (Lipinski definition) is 0.